The van der Waals surface area contributed by atoms with Crippen molar-refractivity contribution in [3.05, 3.63) is 36.4 Å². The van der Waals surface area contributed by atoms with Gasteiger partial charge in [-0.25, -0.2) is 0 Å². The normalized spacial score (nSPS) is 12.6. The molecule has 0 atom stereocenters. The van der Waals surface area contributed by atoms with Crippen molar-refractivity contribution < 1.29 is 4.42 Å². The third-order valence-electron chi connectivity index (χ3n) is 2.71. The Morgan fingerprint density at radius 3 is 2.85 bits per heavy atom. The number of fused-ring (bicyclic) bond motifs is 5. The van der Waals surface area contributed by atoms with Crippen molar-refractivity contribution in [3.63, 3.8) is 0 Å². The van der Waals surface area contributed by atoms with Crippen LogP contribution in [-0.4, -0.2) is 0 Å². The highest BCUT2D eigenvalue weighted by molar-refractivity contribution is 6.17. The van der Waals surface area contributed by atoms with E-state index in [1.165, 1.54) is 21.9 Å². The first-order valence-electron chi connectivity index (χ1n) is 4.39. The molecular weight excluding hydrogens is 160 g/mol. The molecule has 1 heteroatoms. The van der Waals surface area contributed by atoms with E-state index in [9.17, 15) is 0 Å². The number of benzene rings is 2. The lowest BCUT2D eigenvalue weighted by atomic mass is 10.2. The Morgan fingerprint density at radius 2 is 1.85 bits per heavy atom. The lowest BCUT2D eigenvalue weighted by Gasteiger charge is -1.83. The molecule has 0 unspecified atom stereocenters. The summed E-state index contributed by atoms with van der Waals surface area (Å²) in [5, 5.41) is 2.50. The van der Waals surface area contributed by atoms with Crippen LogP contribution in [0.3, 0.4) is 0 Å². The Kier molecular flexibility index (Phi) is 0.724. The van der Waals surface area contributed by atoms with E-state index in [0.29, 0.717) is 0 Å². The minimum atomic E-state index is 0.996. The zero-order valence-corrected chi connectivity index (χ0v) is 6.87. The van der Waals surface area contributed by atoms with E-state index in [2.05, 4.69) is 24.3 Å². The molecular formula is C12H6O. The molecule has 0 amide bonds. The highest BCUT2D eigenvalue weighted by Crippen LogP contribution is 2.46. The van der Waals surface area contributed by atoms with Crippen LogP contribution in [0, 0.1) is 0 Å². The van der Waals surface area contributed by atoms with Crippen molar-refractivity contribution in [2.75, 3.05) is 0 Å². The van der Waals surface area contributed by atoms with Gasteiger partial charge in [0.2, 0.25) is 0 Å². The molecule has 13 heavy (non-hydrogen) atoms. The highest BCUT2D eigenvalue weighted by Gasteiger charge is 2.22. The van der Waals surface area contributed by atoms with Gasteiger partial charge in [0, 0.05) is 16.3 Å². The van der Waals surface area contributed by atoms with Gasteiger partial charge in [-0.3, -0.25) is 0 Å². The average Bonchev–Trinajstić information content (AvgIpc) is 2.68. The Morgan fingerprint density at radius 1 is 0.923 bits per heavy atom. The Bertz CT molecular complexity index is 647. The lowest BCUT2D eigenvalue weighted by molar-refractivity contribution is 0.671. The summed E-state index contributed by atoms with van der Waals surface area (Å²) in [6, 6.07) is 12.5. The van der Waals surface area contributed by atoms with Gasteiger partial charge < -0.3 is 4.42 Å². The molecule has 1 aromatic heterocycles. The molecule has 0 saturated heterocycles. The fourth-order valence-electron chi connectivity index (χ4n) is 2.00. The largest absolute Gasteiger partial charge is 0.455 e. The predicted molar refractivity (Wildman–Crippen MR) is 52.7 cm³/mol. The van der Waals surface area contributed by atoms with Crippen LogP contribution >= 0.6 is 0 Å². The topological polar surface area (TPSA) is 13.1 Å². The van der Waals surface area contributed by atoms with Gasteiger partial charge in [0.15, 0.2) is 0 Å². The molecule has 60 valence electrons. The summed E-state index contributed by atoms with van der Waals surface area (Å²) in [5.41, 5.74) is 4.71. The maximum Gasteiger partial charge on any atom is 0.143 e. The van der Waals surface area contributed by atoms with E-state index < -0.39 is 0 Å². The van der Waals surface area contributed by atoms with Crippen LogP contribution in [0.5, 0.6) is 0 Å². The molecule has 1 heterocycles. The van der Waals surface area contributed by atoms with Crippen molar-refractivity contribution in [1.29, 1.82) is 0 Å². The molecule has 2 aromatic rings. The molecule has 1 nitrogen and oxygen atoms in total. The number of hydrogen-bond acceptors (Lipinski definition) is 1. The third-order valence-corrected chi connectivity index (χ3v) is 2.71. The first-order chi connectivity index (χ1) is 6.43. The molecule has 0 fully saturated rings. The molecule has 0 radical (unpaired) electrons. The molecule has 0 aliphatic heterocycles. The summed E-state index contributed by atoms with van der Waals surface area (Å²) in [4.78, 5) is 0. The lowest BCUT2D eigenvalue weighted by Crippen LogP contribution is -1.60. The second-order valence-corrected chi connectivity index (χ2v) is 3.50. The molecule has 0 bridgehead atoms. The van der Waals surface area contributed by atoms with Gasteiger partial charge in [-0.1, -0.05) is 18.2 Å². The monoisotopic (exact) mass is 166 g/mol. The minimum Gasteiger partial charge on any atom is -0.455 e. The standard InChI is InChI=1S/C12H6O/c1-2-4-11-8(3-1)10-6-7-5-9(7)12(10)13-11/h1-6H. The fraction of sp³-hybridized carbons (Fsp3) is 0. The van der Waals surface area contributed by atoms with Gasteiger partial charge in [0.05, 0.1) is 0 Å². The Balaban J connectivity index is 2.41. The van der Waals surface area contributed by atoms with Crippen LogP contribution in [-0.2, 0) is 0 Å². The fourth-order valence-corrected chi connectivity index (χ4v) is 2.00. The van der Waals surface area contributed by atoms with Crippen LogP contribution < -0.4 is 0 Å². The van der Waals surface area contributed by atoms with E-state index >= 15 is 0 Å². The van der Waals surface area contributed by atoms with Crippen molar-refractivity contribution in [2.24, 2.45) is 0 Å². The maximum absolute atomic E-state index is 5.74. The summed E-state index contributed by atoms with van der Waals surface area (Å²) in [6.07, 6.45) is 0. The first-order valence-corrected chi connectivity index (χ1v) is 4.39. The van der Waals surface area contributed by atoms with Crippen LogP contribution in [0.1, 0.15) is 0 Å². The second-order valence-electron chi connectivity index (χ2n) is 3.50. The van der Waals surface area contributed by atoms with Crippen molar-refractivity contribution in [3.8, 4) is 11.1 Å². The maximum atomic E-state index is 5.74. The van der Waals surface area contributed by atoms with Gasteiger partial charge in [-0.05, 0) is 23.8 Å². The molecule has 4 rings (SSSR count). The molecule has 0 saturated carbocycles. The zero-order valence-electron chi connectivity index (χ0n) is 6.87. The van der Waals surface area contributed by atoms with Crippen molar-refractivity contribution >= 4 is 21.9 Å². The van der Waals surface area contributed by atoms with Crippen LogP contribution in [0.15, 0.2) is 40.8 Å². The SMILES string of the molecule is c1ccc2c(c1)oc1c3cc-3cc12. The van der Waals surface area contributed by atoms with E-state index in [4.69, 9.17) is 4.42 Å². The van der Waals surface area contributed by atoms with Gasteiger partial charge in [0.1, 0.15) is 11.2 Å². The van der Waals surface area contributed by atoms with Gasteiger partial charge in [-0.15, -0.1) is 0 Å². The van der Waals surface area contributed by atoms with E-state index in [1.54, 1.807) is 0 Å². The van der Waals surface area contributed by atoms with E-state index in [1.807, 2.05) is 12.1 Å². The number of furan rings is 1. The summed E-state index contributed by atoms with van der Waals surface area (Å²) in [6.45, 7) is 0. The summed E-state index contributed by atoms with van der Waals surface area (Å²) < 4.78 is 5.74. The summed E-state index contributed by atoms with van der Waals surface area (Å²) in [7, 11) is 0. The number of rotatable bonds is 0. The quantitative estimate of drug-likeness (QED) is 0.389. The van der Waals surface area contributed by atoms with Crippen molar-refractivity contribution in [1.82, 2.24) is 0 Å². The van der Waals surface area contributed by atoms with Gasteiger partial charge >= 0.3 is 0 Å². The number of para-hydroxylation sites is 1. The first kappa shape index (κ1) is 5.81. The second kappa shape index (κ2) is 1.62. The molecule has 0 spiro atoms. The zero-order chi connectivity index (χ0) is 8.41. The van der Waals surface area contributed by atoms with Crippen molar-refractivity contribution in [2.45, 2.75) is 0 Å². The molecule has 2 aliphatic carbocycles. The molecule has 2 aliphatic rings. The van der Waals surface area contributed by atoms with Gasteiger partial charge in [-0.2, -0.15) is 0 Å². The van der Waals surface area contributed by atoms with Crippen LogP contribution in [0.2, 0.25) is 0 Å². The number of hydrogen-bond donors (Lipinski definition) is 0. The van der Waals surface area contributed by atoms with Gasteiger partial charge in [0.25, 0.3) is 0 Å². The van der Waals surface area contributed by atoms with E-state index in [-0.39, 0.29) is 0 Å². The molecule has 0 N–H and O–H groups in total. The summed E-state index contributed by atoms with van der Waals surface area (Å²) >= 11 is 0. The molecule has 1 aromatic carbocycles. The summed E-state index contributed by atoms with van der Waals surface area (Å²) in [5.74, 6) is 0. The Hall–Kier alpha value is -1.76. The Labute approximate surface area is 74.6 Å². The third kappa shape index (κ3) is 0.560. The predicted octanol–water partition coefficient (Wildman–Crippen LogP) is 3.57. The average molecular weight is 166 g/mol. The smallest absolute Gasteiger partial charge is 0.143 e. The van der Waals surface area contributed by atoms with Crippen LogP contribution in [0.4, 0.5) is 0 Å². The van der Waals surface area contributed by atoms with Crippen LogP contribution in [0.25, 0.3) is 33.1 Å². The highest BCUT2D eigenvalue weighted by atomic mass is 16.3. The minimum absolute atomic E-state index is 0.996. The van der Waals surface area contributed by atoms with E-state index in [0.717, 1.165) is 11.2 Å².